The summed E-state index contributed by atoms with van der Waals surface area (Å²) in [5, 5.41) is 2.63. The molecule has 1 N–H and O–H groups in total. The fourth-order valence-electron chi connectivity index (χ4n) is 2.27. The van der Waals surface area contributed by atoms with Gasteiger partial charge in [-0.15, -0.1) is 6.58 Å². The molecule has 0 bridgehead atoms. The van der Waals surface area contributed by atoms with Crippen LogP contribution in [0.25, 0.3) is 0 Å². The summed E-state index contributed by atoms with van der Waals surface area (Å²) in [6, 6.07) is 5.83. The van der Waals surface area contributed by atoms with Crippen LogP contribution in [0, 0.1) is 0 Å². The van der Waals surface area contributed by atoms with Crippen molar-refractivity contribution in [2.45, 2.75) is 17.9 Å². The maximum absolute atomic E-state index is 12.7. The average molecular weight is 324 g/mol. The predicted molar refractivity (Wildman–Crippen MR) is 83.1 cm³/mol. The number of ether oxygens (including phenoxy) is 1. The Balaban J connectivity index is 2.27. The van der Waals surface area contributed by atoms with Crippen molar-refractivity contribution in [2.24, 2.45) is 0 Å². The SMILES string of the molecule is C=CCNC(=O)c1cccc(S(=O)(=O)N2CCOCC2C)c1. The maximum Gasteiger partial charge on any atom is 0.251 e. The number of hydrogen-bond acceptors (Lipinski definition) is 4. The lowest BCUT2D eigenvalue weighted by atomic mass is 10.2. The average Bonchev–Trinajstić information content (AvgIpc) is 2.53. The molecular formula is C15H20N2O4S. The highest BCUT2D eigenvalue weighted by atomic mass is 32.2. The van der Waals surface area contributed by atoms with Gasteiger partial charge in [-0.05, 0) is 25.1 Å². The van der Waals surface area contributed by atoms with Crippen LogP contribution in [0.3, 0.4) is 0 Å². The Morgan fingerprint density at radius 3 is 3.00 bits per heavy atom. The van der Waals surface area contributed by atoms with Crippen LogP contribution in [0.1, 0.15) is 17.3 Å². The molecule has 1 aliphatic rings. The van der Waals surface area contributed by atoms with Crippen molar-refractivity contribution in [3.8, 4) is 0 Å². The minimum atomic E-state index is -3.63. The van der Waals surface area contributed by atoms with Gasteiger partial charge in [0.2, 0.25) is 10.0 Å². The van der Waals surface area contributed by atoms with Gasteiger partial charge in [-0.2, -0.15) is 4.31 Å². The van der Waals surface area contributed by atoms with Gasteiger partial charge in [-0.25, -0.2) is 8.42 Å². The second kappa shape index (κ2) is 7.04. The van der Waals surface area contributed by atoms with Crippen molar-refractivity contribution in [3.63, 3.8) is 0 Å². The molecule has 0 spiro atoms. The third kappa shape index (κ3) is 3.55. The molecule has 120 valence electrons. The van der Waals surface area contributed by atoms with E-state index in [1.807, 2.05) is 0 Å². The molecular weight excluding hydrogens is 304 g/mol. The van der Waals surface area contributed by atoms with Crippen molar-refractivity contribution in [2.75, 3.05) is 26.3 Å². The molecule has 1 heterocycles. The standard InChI is InChI=1S/C15H20N2O4S/c1-3-7-16-15(18)13-5-4-6-14(10-13)22(19,20)17-8-9-21-11-12(17)2/h3-6,10,12H,1,7-9,11H2,2H3,(H,16,18). The molecule has 0 aromatic heterocycles. The minimum absolute atomic E-state index is 0.118. The molecule has 0 radical (unpaired) electrons. The zero-order valence-electron chi connectivity index (χ0n) is 12.5. The fourth-order valence-corrected chi connectivity index (χ4v) is 3.92. The van der Waals surface area contributed by atoms with Gasteiger partial charge in [0.15, 0.2) is 0 Å². The van der Waals surface area contributed by atoms with E-state index in [-0.39, 0.29) is 16.8 Å². The van der Waals surface area contributed by atoms with E-state index < -0.39 is 10.0 Å². The number of carbonyl (C=O) groups excluding carboxylic acids is 1. The second-order valence-corrected chi connectivity index (χ2v) is 6.96. The summed E-state index contributed by atoms with van der Waals surface area (Å²) in [7, 11) is -3.63. The van der Waals surface area contributed by atoms with E-state index in [4.69, 9.17) is 4.74 Å². The lowest BCUT2D eigenvalue weighted by Gasteiger charge is -2.32. The monoisotopic (exact) mass is 324 g/mol. The summed E-state index contributed by atoms with van der Waals surface area (Å²) >= 11 is 0. The number of hydrogen-bond donors (Lipinski definition) is 1. The summed E-state index contributed by atoms with van der Waals surface area (Å²) < 4.78 is 32.1. The molecule has 1 unspecified atom stereocenters. The Morgan fingerprint density at radius 2 is 2.32 bits per heavy atom. The zero-order valence-corrected chi connectivity index (χ0v) is 13.3. The number of carbonyl (C=O) groups is 1. The molecule has 1 aliphatic heterocycles. The van der Waals surface area contributed by atoms with Crippen molar-refractivity contribution in [1.82, 2.24) is 9.62 Å². The van der Waals surface area contributed by atoms with Gasteiger partial charge >= 0.3 is 0 Å². The van der Waals surface area contributed by atoms with Gasteiger partial charge in [0.1, 0.15) is 0 Å². The topological polar surface area (TPSA) is 75.7 Å². The molecule has 1 atom stereocenters. The largest absolute Gasteiger partial charge is 0.378 e. The van der Waals surface area contributed by atoms with Crippen molar-refractivity contribution in [3.05, 3.63) is 42.5 Å². The van der Waals surface area contributed by atoms with Crippen LogP contribution in [0.2, 0.25) is 0 Å². The quantitative estimate of drug-likeness (QED) is 0.820. The van der Waals surface area contributed by atoms with E-state index in [9.17, 15) is 13.2 Å². The number of rotatable bonds is 5. The second-order valence-electron chi connectivity index (χ2n) is 5.07. The third-order valence-electron chi connectivity index (χ3n) is 3.42. The Hall–Kier alpha value is -1.70. The first-order valence-electron chi connectivity index (χ1n) is 7.05. The van der Waals surface area contributed by atoms with Crippen molar-refractivity contribution in [1.29, 1.82) is 0 Å². The Bertz CT molecular complexity index is 657. The molecule has 6 nitrogen and oxygen atoms in total. The van der Waals surface area contributed by atoms with Crippen molar-refractivity contribution < 1.29 is 17.9 Å². The number of nitrogens with one attached hydrogen (secondary N) is 1. The van der Waals surface area contributed by atoms with Crippen LogP contribution >= 0.6 is 0 Å². The summed E-state index contributed by atoms with van der Waals surface area (Å²) in [6.07, 6.45) is 1.56. The molecule has 0 saturated carbocycles. The Morgan fingerprint density at radius 1 is 1.55 bits per heavy atom. The van der Waals surface area contributed by atoms with E-state index in [1.165, 1.54) is 16.4 Å². The zero-order chi connectivity index (χ0) is 16.2. The smallest absolute Gasteiger partial charge is 0.251 e. The fraction of sp³-hybridized carbons (Fsp3) is 0.400. The van der Waals surface area contributed by atoms with E-state index >= 15 is 0 Å². The van der Waals surface area contributed by atoms with E-state index in [0.717, 1.165) is 0 Å². The number of nitrogens with zero attached hydrogens (tertiary/aromatic N) is 1. The molecule has 7 heteroatoms. The highest BCUT2D eigenvalue weighted by Gasteiger charge is 2.31. The normalized spacial score (nSPS) is 19.6. The van der Waals surface area contributed by atoms with E-state index in [2.05, 4.69) is 11.9 Å². The lowest BCUT2D eigenvalue weighted by Crippen LogP contribution is -2.46. The number of amides is 1. The first-order chi connectivity index (χ1) is 10.5. The van der Waals surface area contributed by atoms with Gasteiger partial charge in [0.25, 0.3) is 5.91 Å². The van der Waals surface area contributed by atoms with Crippen LogP contribution in [-0.2, 0) is 14.8 Å². The van der Waals surface area contributed by atoms with Gasteiger partial charge in [0, 0.05) is 24.7 Å². The molecule has 1 aromatic rings. The van der Waals surface area contributed by atoms with Gasteiger partial charge in [-0.3, -0.25) is 4.79 Å². The van der Waals surface area contributed by atoms with Crippen LogP contribution in [0.5, 0.6) is 0 Å². The van der Waals surface area contributed by atoms with Gasteiger partial charge in [-0.1, -0.05) is 12.1 Å². The van der Waals surface area contributed by atoms with E-state index in [1.54, 1.807) is 25.1 Å². The number of sulfonamides is 1. The molecule has 1 saturated heterocycles. The number of morpholine rings is 1. The summed E-state index contributed by atoms with van der Waals surface area (Å²) in [5.41, 5.74) is 0.309. The predicted octanol–water partition coefficient (Wildman–Crippen LogP) is 1.01. The van der Waals surface area contributed by atoms with Crippen LogP contribution < -0.4 is 5.32 Å². The minimum Gasteiger partial charge on any atom is -0.378 e. The first kappa shape index (κ1) is 16.7. The molecule has 22 heavy (non-hydrogen) atoms. The highest BCUT2D eigenvalue weighted by molar-refractivity contribution is 7.89. The highest BCUT2D eigenvalue weighted by Crippen LogP contribution is 2.21. The van der Waals surface area contributed by atoms with Gasteiger partial charge < -0.3 is 10.1 Å². The van der Waals surface area contributed by atoms with E-state index in [0.29, 0.717) is 31.9 Å². The molecule has 1 aromatic carbocycles. The summed E-state index contributed by atoms with van der Waals surface area (Å²) in [4.78, 5) is 12.1. The Kier molecular flexibility index (Phi) is 5.33. The van der Waals surface area contributed by atoms with Crippen molar-refractivity contribution >= 4 is 15.9 Å². The molecule has 0 aliphatic carbocycles. The number of benzene rings is 1. The first-order valence-corrected chi connectivity index (χ1v) is 8.49. The molecule has 1 amide bonds. The summed E-state index contributed by atoms with van der Waals surface area (Å²) in [6.45, 7) is 6.72. The Labute approximate surface area is 130 Å². The lowest BCUT2D eigenvalue weighted by molar-refractivity contribution is 0.0392. The third-order valence-corrected chi connectivity index (χ3v) is 5.43. The molecule has 1 fully saturated rings. The van der Waals surface area contributed by atoms with Crippen LogP contribution in [0.4, 0.5) is 0 Å². The summed E-state index contributed by atoms with van der Waals surface area (Å²) in [5.74, 6) is -0.327. The van der Waals surface area contributed by atoms with Gasteiger partial charge in [0.05, 0.1) is 18.1 Å². The molecule has 2 rings (SSSR count). The van der Waals surface area contributed by atoms with Crippen LogP contribution in [-0.4, -0.2) is 51.0 Å². The van der Waals surface area contributed by atoms with Crippen LogP contribution in [0.15, 0.2) is 41.8 Å². The maximum atomic E-state index is 12.7.